The van der Waals surface area contributed by atoms with Gasteiger partial charge in [-0.2, -0.15) is 0 Å². The van der Waals surface area contributed by atoms with E-state index >= 15 is 0 Å². The molecule has 4 heterocycles. The van der Waals surface area contributed by atoms with Gasteiger partial charge in [0.05, 0.1) is 37.6 Å². The van der Waals surface area contributed by atoms with Gasteiger partial charge in [-0.05, 0) is 43.7 Å². The number of methoxy groups -OCH3 is 1. The highest BCUT2D eigenvalue weighted by Crippen LogP contribution is 2.22. The largest absolute Gasteiger partial charge is 0.467 e. The number of fused-ring (bicyclic) bond motifs is 2. The van der Waals surface area contributed by atoms with Crippen LogP contribution in [-0.4, -0.2) is 65.9 Å². The van der Waals surface area contributed by atoms with Gasteiger partial charge in [0.25, 0.3) is 0 Å². The van der Waals surface area contributed by atoms with Crippen molar-refractivity contribution in [1.29, 1.82) is 0 Å². The number of aromatic nitrogens is 2. The van der Waals surface area contributed by atoms with Gasteiger partial charge in [-0.3, -0.25) is 14.4 Å². The van der Waals surface area contributed by atoms with E-state index in [2.05, 4.69) is 36.7 Å². The zero-order valence-electron chi connectivity index (χ0n) is 23.3. The number of carbonyl (C=O) groups is 4. The van der Waals surface area contributed by atoms with Crippen molar-refractivity contribution in [1.82, 2.24) is 25.9 Å². The second kappa shape index (κ2) is 15.3. The molecule has 2 unspecified atom stereocenters. The number of hydrogen-bond donors (Lipinski definition) is 4. The van der Waals surface area contributed by atoms with E-state index in [1.54, 1.807) is 22.7 Å². The molecule has 2 aliphatic rings. The number of para-hydroxylation sites is 2. The molecule has 2 aromatic carbocycles. The molecule has 11 nitrogen and oxygen atoms in total. The van der Waals surface area contributed by atoms with Crippen LogP contribution < -0.4 is 21.7 Å². The fourth-order valence-corrected chi connectivity index (χ4v) is 6.29. The number of esters is 1. The summed E-state index contributed by atoms with van der Waals surface area (Å²) in [7, 11) is 1.31. The molecule has 5 N–H and O–H groups in total. The van der Waals surface area contributed by atoms with Crippen molar-refractivity contribution < 1.29 is 23.9 Å². The summed E-state index contributed by atoms with van der Waals surface area (Å²) in [6, 6.07) is 15.4. The molecule has 2 fully saturated rings. The van der Waals surface area contributed by atoms with Gasteiger partial charge in [0, 0.05) is 32.2 Å². The Balaban J connectivity index is 0.000000157. The Morgan fingerprint density at radius 3 is 1.88 bits per heavy atom. The molecule has 2 atom stereocenters. The van der Waals surface area contributed by atoms with Crippen molar-refractivity contribution in [3.63, 3.8) is 0 Å². The fourth-order valence-electron chi connectivity index (χ4n) is 4.34. The topological polar surface area (TPSA) is 165 Å². The first kappa shape index (κ1) is 31.0. The zero-order valence-corrected chi connectivity index (χ0v) is 24.9. The van der Waals surface area contributed by atoms with E-state index in [0.29, 0.717) is 45.2 Å². The van der Waals surface area contributed by atoms with Crippen LogP contribution in [0.4, 0.5) is 0 Å². The molecule has 3 amide bonds. The molecule has 42 heavy (non-hydrogen) atoms. The molecule has 6 rings (SSSR count). The molecule has 0 bridgehead atoms. The van der Waals surface area contributed by atoms with Gasteiger partial charge in [-0.15, -0.1) is 22.7 Å². The second-order valence-corrected chi connectivity index (χ2v) is 11.8. The summed E-state index contributed by atoms with van der Waals surface area (Å²) in [5.41, 5.74) is 7.54. The number of nitrogens with two attached hydrogens (primary N) is 1. The van der Waals surface area contributed by atoms with Crippen LogP contribution in [0.3, 0.4) is 0 Å². The van der Waals surface area contributed by atoms with E-state index in [4.69, 9.17) is 5.73 Å². The number of rotatable bonds is 7. The van der Waals surface area contributed by atoms with Gasteiger partial charge in [-0.1, -0.05) is 24.3 Å². The van der Waals surface area contributed by atoms with Gasteiger partial charge in [0.1, 0.15) is 12.1 Å². The highest BCUT2D eigenvalue weighted by Gasteiger charge is 2.28. The van der Waals surface area contributed by atoms with Gasteiger partial charge < -0.3 is 26.4 Å². The lowest BCUT2D eigenvalue weighted by Gasteiger charge is -2.09. The third-order valence-electron chi connectivity index (χ3n) is 6.47. The number of nitrogens with one attached hydrogen (secondary N) is 3. The summed E-state index contributed by atoms with van der Waals surface area (Å²) in [5, 5.41) is 10.2. The maximum absolute atomic E-state index is 11.8. The lowest BCUT2D eigenvalue weighted by molar-refractivity contribution is -0.143. The average molecular weight is 611 g/mol. The van der Waals surface area contributed by atoms with Crippen molar-refractivity contribution in [3.05, 3.63) is 58.5 Å². The Kier molecular flexibility index (Phi) is 11.3. The Morgan fingerprint density at radius 1 is 0.881 bits per heavy atom. The van der Waals surface area contributed by atoms with Crippen LogP contribution in [0, 0.1) is 0 Å². The van der Waals surface area contributed by atoms with E-state index in [1.165, 1.54) is 11.8 Å². The number of benzene rings is 2. The molecular weight excluding hydrogens is 576 g/mol. The van der Waals surface area contributed by atoms with Crippen LogP contribution >= 0.6 is 22.7 Å². The van der Waals surface area contributed by atoms with E-state index in [0.717, 1.165) is 32.2 Å². The third kappa shape index (κ3) is 8.78. The molecule has 222 valence electrons. The molecular formula is C29H34N6O5S2. The van der Waals surface area contributed by atoms with Crippen LogP contribution in [0.1, 0.15) is 35.7 Å². The smallest absolute Gasteiger partial charge is 0.328 e. The zero-order chi connectivity index (χ0) is 29.9. The summed E-state index contributed by atoms with van der Waals surface area (Å²) in [6.07, 6.45) is 3.62. The lowest BCUT2D eigenvalue weighted by atomic mass is 10.2. The van der Waals surface area contributed by atoms with E-state index < -0.39 is 6.04 Å². The van der Waals surface area contributed by atoms with Crippen LogP contribution in [-0.2, 0) is 36.8 Å². The number of amides is 3. The van der Waals surface area contributed by atoms with E-state index in [9.17, 15) is 19.2 Å². The molecule has 13 heteroatoms. The van der Waals surface area contributed by atoms with Crippen LogP contribution in [0.25, 0.3) is 20.4 Å². The summed E-state index contributed by atoms with van der Waals surface area (Å²) >= 11 is 3.38. The van der Waals surface area contributed by atoms with Crippen molar-refractivity contribution >= 4 is 66.8 Å². The third-order valence-corrected chi connectivity index (χ3v) is 8.66. The fraction of sp³-hybridized carbons (Fsp3) is 0.379. The SMILES string of the molecule is COC(=O)C1CCC(=O)N1.NCCc1nc2ccccc2s1.O=C1CCC(C(=O)NCCc2nc3ccccc3s2)N1. The number of carbonyl (C=O) groups excluding carboxylic acids is 4. The summed E-state index contributed by atoms with van der Waals surface area (Å²) < 4.78 is 6.84. The maximum Gasteiger partial charge on any atom is 0.328 e. The number of ether oxygens (including phenoxy) is 1. The van der Waals surface area contributed by atoms with Crippen LogP contribution in [0.2, 0.25) is 0 Å². The lowest BCUT2D eigenvalue weighted by Crippen LogP contribution is -2.42. The van der Waals surface area contributed by atoms with Crippen molar-refractivity contribution in [2.45, 2.75) is 50.6 Å². The molecule has 2 saturated heterocycles. The summed E-state index contributed by atoms with van der Waals surface area (Å²) in [6.45, 7) is 1.23. The van der Waals surface area contributed by atoms with Crippen molar-refractivity contribution in [2.75, 3.05) is 20.2 Å². The first-order chi connectivity index (χ1) is 20.4. The molecule has 0 spiro atoms. The quantitative estimate of drug-likeness (QED) is 0.232. The Morgan fingerprint density at radius 2 is 1.40 bits per heavy atom. The van der Waals surface area contributed by atoms with Gasteiger partial charge >= 0.3 is 5.97 Å². The molecule has 2 aliphatic heterocycles. The average Bonchev–Trinajstić information content (AvgIpc) is 3.79. The predicted molar refractivity (Wildman–Crippen MR) is 163 cm³/mol. The minimum atomic E-state index is -0.405. The Bertz CT molecular complexity index is 1470. The molecule has 2 aromatic heterocycles. The second-order valence-electron chi connectivity index (χ2n) is 9.57. The van der Waals surface area contributed by atoms with Crippen LogP contribution in [0.5, 0.6) is 0 Å². The van der Waals surface area contributed by atoms with Gasteiger partial charge in [-0.25, -0.2) is 14.8 Å². The first-order valence-electron chi connectivity index (χ1n) is 13.7. The monoisotopic (exact) mass is 610 g/mol. The molecule has 0 saturated carbocycles. The molecule has 0 aliphatic carbocycles. The molecule has 0 radical (unpaired) electrons. The van der Waals surface area contributed by atoms with E-state index in [-0.39, 0.29) is 29.7 Å². The van der Waals surface area contributed by atoms with Crippen molar-refractivity contribution in [2.24, 2.45) is 5.73 Å². The molecule has 4 aromatic rings. The highest BCUT2D eigenvalue weighted by atomic mass is 32.1. The summed E-state index contributed by atoms with van der Waals surface area (Å²) in [5.74, 6) is -0.575. The summed E-state index contributed by atoms with van der Waals surface area (Å²) in [4.78, 5) is 53.1. The Labute approximate surface area is 251 Å². The first-order valence-corrected chi connectivity index (χ1v) is 15.3. The van der Waals surface area contributed by atoms with E-state index in [1.807, 2.05) is 42.5 Å². The number of thiazole rings is 2. The predicted octanol–water partition coefficient (Wildman–Crippen LogP) is 2.47. The minimum Gasteiger partial charge on any atom is -0.467 e. The van der Waals surface area contributed by atoms with Crippen LogP contribution in [0.15, 0.2) is 48.5 Å². The Hall–Kier alpha value is -3.94. The number of nitrogens with zero attached hydrogens (tertiary/aromatic N) is 2. The minimum absolute atomic E-state index is 0.0451. The maximum atomic E-state index is 11.8. The standard InChI is InChI=1S/C14H15N3O2S.C9H10N2S.C6H9NO3/c18-12-6-5-10(16-12)14(19)15-8-7-13-17-9-3-1-2-4-11(9)20-13;10-6-5-9-11-7-3-1-2-4-8(7)12-9;1-10-6(9)4-2-3-5(8)7-4/h1-4,10H,5-8H2,(H,15,19)(H,16,18);1-4H,5-6,10H2;4H,2-3H2,1H3,(H,7,8). The highest BCUT2D eigenvalue weighted by molar-refractivity contribution is 7.18. The van der Waals surface area contributed by atoms with Gasteiger partial charge in [0.15, 0.2) is 0 Å². The van der Waals surface area contributed by atoms with Gasteiger partial charge in [0.2, 0.25) is 17.7 Å². The normalized spacial score (nSPS) is 17.5. The number of hydrogen-bond acceptors (Lipinski definition) is 10. The van der Waals surface area contributed by atoms with Crippen molar-refractivity contribution in [3.8, 4) is 0 Å².